The van der Waals surface area contributed by atoms with Crippen molar-refractivity contribution in [3.8, 4) is 0 Å². The summed E-state index contributed by atoms with van der Waals surface area (Å²) in [5, 5.41) is 3.04. The number of fused-ring (bicyclic) bond motifs is 1. The normalized spacial score (nSPS) is 16.7. The molecular weight excluding hydrogens is 548 g/mol. The summed E-state index contributed by atoms with van der Waals surface area (Å²) < 4.78 is 8.37. The van der Waals surface area contributed by atoms with E-state index in [0.717, 1.165) is 42.4 Å². The number of nitrogens with two attached hydrogens (primary N) is 1. The Morgan fingerprint density at radius 3 is 2.45 bits per heavy atom. The monoisotopic (exact) mass is 582 g/mol. The van der Waals surface area contributed by atoms with Crippen LogP contribution in [-0.4, -0.2) is 58.2 Å². The van der Waals surface area contributed by atoms with Crippen LogP contribution in [0.25, 0.3) is 11.0 Å². The topological polar surface area (TPSA) is 106 Å². The minimum absolute atomic E-state index is 0.266. The summed E-state index contributed by atoms with van der Waals surface area (Å²) >= 11 is 3.46. The average Bonchev–Trinajstić information content (AvgIpc) is 3.50. The molecule has 1 aliphatic heterocycles. The molecule has 2 aliphatic rings. The molecule has 2 heterocycles. The highest BCUT2D eigenvalue weighted by Crippen LogP contribution is 2.37. The van der Waals surface area contributed by atoms with Crippen LogP contribution in [0.1, 0.15) is 62.9 Å². The number of rotatable bonds is 4. The van der Waals surface area contributed by atoms with Gasteiger partial charge in [-0.25, -0.2) is 9.78 Å². The van der Waals surface area contributed by atoms with Gasteiger partial charge in [-0.15, -0.1) is 0 Å². The first kappa shape index (κ1) is 26.3. The van der Waals surface area contributed by atoms with E-state index in [0.29, 0.717) is 47.9 Å². The van der Waals surface area contributed by atoms with Gasteiger partial charge >= 0.3 is 6.09 Å². The molecule has 1 saturated heterocycles. The highest BCUT2D eigenvalue weighted by Gasteiger charge is 2.28. The van der Waals surface area contributed by atoms with Crippen molar-refractivity contribution in [1.29, 1.82) is 0 Å². The van der Waals surface area contributed by atoms with Gasteiger partial charge in [-0.2, -0.15) is 0 Å². The Morgan fingerprint density at radius 1 is 1.08 bits per heavy atom. The van der Waals surface area contributed by atoms with Crippen molar-refractivity contribution < 1.29 is 14.3 Å². The Kier molecular flexibility index (Phi) is 7.26. The fourth-order valence-electron chi connectivity index (χ4n) is 5.32. The van der Waals surface area contributed by atoms with Crippen molar-refractivity contribution in [3.63, 3.8) is 0 Å². The highest BCUT2D eigenvalue weighted by atomic mass is 79.9. The number of hydrogen-bond acceptors (Lipinski definition) is 6. The molecule has 1 saturated carbocycles. The maximum Gasteiger partial charge on any atom is 0.410 e. The molecular formula is C28H35BrN6O3. The summed E-state index contributed by atoms with van der Waals surface area (Å²) in [6.45, 7) is 8.28. The van der Waals surface area contributed by atoms with Gasteiger partial charge in [0.25, 0.3) is 5.91 Å². The number of hydrogen-bond donors (Lipinski definition) is 2. The van der Waals surface area contributed by atoms with Crippen molar-refractivity contribution in [3.05, 3.63) is 46.4 Å². The SMILES string of the molecule is CC(C)(C)OC(=O)N1CCN(c2ccc3nc(NC(=O)c4c(N)cccc4Br)n(C4CCCC4)c3c2)CC1. The quantitative estimate of drug-likeness (QED) is 0.376. The first-order chi connectivity index (χ1) is 18.1. The van der Waals surface area contributed by atoms with Gasteiger partial charge in [-0.1, -0.05) is 18.9 Å². The molecule has 0 radical (unpaired) electrons. The van der Waals surface area contributed by atoms with Crippen molar-refractivity contribution in [2.24, 2.45) is 0 Å². The summed E-state index contributed by atoms with van der Waals surface area (Å²) in [7, 11) is 0. The van der Waals surface area contributed by atoms with E-state index in [2.05, 4.69) is 42.8 Å². The van der Waals surface area contributed by atoms with E-state index in [1.165, 1.54) is 0 Å². The largest absolute Gasteiger partial charge is 0.444 e. The van der Waals surface area contributed by atoms with Crippen LogP contribution in [-0.2, 0) is 4.74 Å². The number of nitrogens with one attached hydrogen (secondary N) is 1. The Morgan fingerprint density at radius 2 is 1.79 bits per heavy atom. The third-order valence-corrected chi connectivity index (χ3v) is 7.82. The van der Waals surface area contributed by atoms with Gasteiger partial charge in [0.1, 0.15) is 5.60 Å². The molecule has 0 spiro atoms. The maximum atomic E-state index is 13.3. The van der Waals surface area contributed by atoms with Crippen molar-refractivity contribution >= 4 is 56.3 Å². The van der Waals surface area contributed by atoms with E-state index in [4.69, 9.17) is 15.5 Å². The lowest BCUT2D eigenvalue weighted by molar-refractivity contribution is 0.0240. The number of anilines is 3. The van der Waals surface area contributed by atoms with Crippen LogP contribution in [0.3, 0.4) is 0 Å². The summed E-state index contributed by atoms with van der Waals surface area (Å²) in [5.74, 6) is 0.252. The lowest BCUT2D eigenvalue weighted by atomic mass is 10.1. The summed E-state index contributed by atoms with van der Waals surface area (Å²) in [6, 6.07) is 11.8. The van der Waals surface area contributed by atoms with Gasteiger partial charge in [0.05, 0.1) is 16.6 Å². The zero-order chi connectivity index (χ0) is 27.0. The third kappa shape index (κ3) is 5.45. The standard InChI is InChI=1S/C28H35BrN6O3/c1-28(2,3)38-27(37)34-15-13-33(14-16-34)19-11-12-22-23(17-19)35(18-7-4-5-8-18)26(31-22)32-25(36)24-20(29)9-6-10-21(24)30/h6,9-12,17-18H,4-5,7-8,13-16,30H2,1-3H3,(H,31,32,36). The van der Waals surface area contributed by atoms with E-state index in [-0.39, 0.29) is 18.0 Å². The molecule has 2 fully saturated rings. The Balaban J connectivity index is 1.41. The number of nitrogens with zero attached hydrogens (tertiary/aromatic N) is 4. The van der Waals surface area contributed by atoms with Gasteiger partial charge in [0, 0.05) is 48.1 Å². The fraction of sp³-hybridized carbons (Fsp3) is 0.464. The molecule has 2 aromatic carbocycles. The zero-order valence-corrected chi connectivity index (χ0v) is 23.8. The van der Waals surface area contributed by atoms with Crippen LogP contribution < -0.4 is 16.0 Å². The smallest absolute Gasteiger partial charge is 0.410 e. The summed E-state index contributed by atoms with van der Waals surface area (Å²) in [4.78, 5) is 34.6. The molecule has 1 aliphatic carbocycles. The number of piperazine rings is 1. The first-order valence-corrected chi connectivity index (χ1v) is 14.0. The van der Waals surface area contributed by atoms with Crippen LogP contribution in [0.4, 0.5) is 22.1 Å². The second-order valence-corrected chi connectivity index (χ2v) is 11.9. The number of benzene rings is 2. The minimum atomic E-state index is -0.507. The van der Waals surface area contributed by atoms with E-state index in [1.807, 2.05) is 26.8 Å². The van der Waals surface area contributed by atoms with Gasteiger partial charge in [0.15, 0.2) is 0 Å². The number of carbonyl (C=O) groups is 2. The number of ether oxygens (including phenoxy) is 1. The average molecular weight is 584 g/mol. The van der Waals surface area contributed by atoms with E-state index in [1.54, 1.807) is 23.1 Å². The second-order valence-electron chi connectivity index (χ2n) is 11.0. The predicted octanol–water partition coefficient (Wildman–Crippen LogP) is 5.81. The van der Waals surface area contributed by atoms with Gasteiger partial charge < -0.3 is 24.8 Å². The molecule has 10 heteroatoms. The highest BCUT2D eigenvalue weighted by molar-refractivity contribution is 9.10. The van der Waals surface area contributed by atoms with Gasteiger partial charge in [-0.05, 0) is 79.9 Å². The van der Waals surface area contributed by atoms with Crippen LogP contribution in [0.5, 0.6) is 0 Å². The molecule has 2 amide bonds. The van der Waals surface area contributed by atoms with Crippen molar-refractivity contribution in [2.75, 3.05) is 42.1 Å². The lowest BCUT2D eigenvalue weighted by Gasteiger charge is -2.36. The summed E-state index contributed by atoms with van der Waals surface area (Å²) in [5.41, 5.74) is 9.34. The molecule has 0 bridgehead atoms. The Hall–Kier alpha value is -3.27. The van der Waals surface area contributed by atoms with Gasteiger partial charge in [-0.3, -0.25) is 10.1 Å². The van der Waals surface area contributed by atoms with Crippen molar-refractivity contribution in [2.45, 2.75) is 58.1 Å². The van der Waals surface area contributed by atoms with Crippen LogP contribution in [0, 0.1) is 0 Å². The third-order valence-electron chi connectivity index (χ3n) is 7.16. The lowest BCUT2D eigenvalue weighted by Crippen LogP contribution is -2.50. The van der Waals surface area contributed by atoms with E-state index in [9.17, 15) is 9.59 Å². The Labute approximate surface area is 231 Å². The molecule has 0 atom stereocenters. The number of nitrogen functional groups attached to an aromatic ring is 1. The van der Waals surface area contributed by atoms with Crippen LogP contribution in [0.15, 0.2) is 40.9 Å². The number of amides is 2. The van der Waals surface area contributed by atoms with E-state index >= 15 is 0 Å². The fourth-order valence-corrected chi connectivity index (χ4v) is 5.88. The summed E-state index contributed by atoms with van der Waals surface area (Å²) in [6.07, 6.45) is 4.13. The molecule has 3 N–H and O–H groups in total. The molecule has 0 unspecified atom stereocenters. The number of imidazole rings is 1. The van der Waals surface area contributed by atoms with Gasteiger partial charge in [0.2, 0.25) is 5.95 Å². The molecule has 202 valence electrons. The maximum absolute atomic E-state index is 13.3. The number of halogens is 1. The zero-order valence-electron chi connectivity index (χ0n) is 22.2. The van der Waals surface area contributed by atoms with Crippen molar-refractivity contribution in [1.82, 2.24) is 14.5 Å². The van der Waals surface area contributed by atoms with Crippen LogP contribution in [0.2, 0.25) is 0 Å². The molecule has 3 aromatic rings. The number of carbonyl (C=O) groups excluding carboxylic acids is 2. The molecule has 9 nitrogen and oxygen atoms in total. The molecule has 38 heavy (non-hydrogen) atoms. The second kappa shape index (κ2) is 10.5. The molecule has 1 aromatic heterocycles. The predicted molar refractivity (Wildman–Crippen MR) is 154 cm³/mol. The Bertz CT molecular complexity index is 1330. The van der Waals surface area contributed by atoms with E-state index < -0.39 is 5.60 Å². The number of aromatic nitrogens is 2. The van der Waals surface area contributed by atoms with Crippen LogP contribution >= 0.6 is 15.9 Å². The first-order valence-electron chi connectivity index (χ1n) is 13.2. The molecule has 5 rings (SSSR count). The minimum Gasteiger partial charge on any atom is -0.444 e.